The monoisotopic (exact) mass is 361 g/mol. The molecule has 2 rings (SSSR count). The van der Waals surface area contributed by atoms with Gasteiger partial charge in [0.2, 0.25) is 11.6 Å². The second-order valence-corrected chi connectivity index (χ2v) is 5.02. The smallest absolute Gasteiger partial charge is 0.353 e. The number of nitrogens with one attached hydrogen (secondary N) is 2. The minimum Gasteiger partial charge on any atom is -0.462 e. The van der Waals surface area contributed by atoms with Crippen LogP contribution in [0, 0.1) is 10.1 Å². The maximum absolute atomic E-state index is 11.8. The van der Waals surface area contributed by atoms with Gasteiger partial charge in [-0.25, -0.2) is 14.8 Å². The zero-order chi connectivity index (χ0) is 18.9. The topological polar surface area (TPSA) is 129 Å². The molecular weight excluding hydrogens is 342 g/mol. The molecule has 26 heavy (non-hydrogen) atoms. The predicted octanol–water partition coefficient (Wildman–Crippen LogP) is 2.36. The Morgan fingerprint density at radius 3 is 2.77 bits per heavy atom. The number of esters is 1. The van der Waals surface area contributed by atoms with Gasteiger partial charge in [0.05, 0.1) is 23.7 Å². The van der Waals surface area contributed by atoms with Gasteiger partial charge >= 0.3 is 11.7 Å². The highest BCUT2D eigenvalue weighted by Gasteiger charge is 2.23. The van der Waals surface area contributed by atoms with Crippen molar-refractivity contribution in [3.8, 4) is 0 Å². The molecule has 0 aliphatic heterocycles. The van der Waals surface area contributed by atoms with Crippen molar-refractivity contribution < 1.29 is 19.2 Å². The number of anilines is 3. The van der Waals surface area contributed by atoms with Gasteiger partial charge in [-0.05, 0) is 25.1 Å². The molecular formula is C16H19N5O5. The van der Waals surface area contributed by atoms with E-state index in [-0.39, 0.29) is 23.9 Å². The van der Waals surface area contributed by atoms with E-state index in [1.807, 2.05) is 0 Å². The number of hydrogen-bond acceptors (Lipinski definition) is 9. The Labute approximate surface area is 149 Å². The first-order valence-corrected chi connectivity index (χ1v) is 7.83. The van der Waals surface area contributed by atoms with Crippen LogP contribution in [0.15, 0.2) is 30.6 Å². The summed E-state index contributed by atoms with van der Waals surface area (Å²) in [7, 11) is 1.53. The second kappa shape index (κ2) is 9.28. The molecule has 2 N–H and O–H groups in total. The molecule has 0 amide bonds. The number of benzene rings is 1. The first-order chi connectivity index (χ1) is 12.6. The van der Waals surface area contributed by atoms with Gasteiger partial charge in [0, 0.05) is 19.3 Å². The first kappa shape index (κ1) is 19.1. The van der Waals surface area contributed by atoms with Crippen LogP contribution in [-0.4, -0.2) is 47.7 Å². The highest BCUT2D eigenvalue weighted by atomic mass is 16.6. The van der Waals surface area contributed by atoms with E-state index in [1.54, 1.807) is 25.1 Å². The lowest BCUT2D eigenvalue weighted by atomic mass is 10.2. The van der Waals surface area contributed by atoms with Crippen LogP contribution in [0.1, 0.15) is 17.3 Å². The quantitative estimate of drug-likeness (QED) is 0.299. The third kappa shape index (κ3) is 4.86. The number of rotatable bonds is 9. The third-order valence-electron chi connectivity index (χ3n) is 3.24. The summed E-state index contributed by atoms with van der Waals surface area (Å²) < 4.78 is 9.86. The van der Waals surface area contributed by atoms with Crippen molar-refractivity contribution in [2.24, 2.45) is 0 Å². The molecule has 138 valence electrons. The summed E-state index contributed by atoms with van der Waals surface area (Å²) in [6.45, 7) is 2.68. The Hall–Kier alpha value is -3.27. The molecule has 0 bridgehead atoms. The first-order valence-electron chi connectivity index (χ1n) is 7.83. The Morgan fingerprint density at radius 2 is 2.08 bits per heavy atom. The average molecular weight is 361 g/mol. The van der Waals surface area contributed by atoms with E-state index in [1.165, 1.54) is 19.5 Å². The summed E-state index contributed by atoms with van der Waals surface area (Å²) in [6.07, 6.45) is 1.21. The maximum Gasteiger partial charge on any atom is 0.353 e. The van der Waals surface area contributed by atoms with Gasteiger partial charge in [-0.2, -0.15) is 0 Å². The summed E-state index contributed by atoms with van der Waals surface area (Å²) in [4.78, 5) is 30.6. The Morgan fingerprint density at radius 1 is 1.31 bits per heavy atom. The van der Waals surface area contributed by atoms with Gasteiger partial charge < -0.3 is 20.1 Å². The van der Waals surface area contributed by atoms with Gasteiger partial charge in [-0.1, -0.05) is 6.07 Å². The summed E-state index contributed by atoms with van der Waals surface area (Å²) in [6, 6.07) is 6.42. The van der Waals surface area contributed by atoms with Crippen LogP contribution in [0.25, 0.3) is 0 Å². The number of ether oxygens (including phenoxy) is 2. The largest absolute Gasteiger partial charge is 0.462 e. The third-order valence-corrected chi connectivity index (χ3v) is 3.24. The van der Waals surface area contributed by atoms with Crippen molar-refractivity contribution in [1.82, 2.24) is 9.97 Å². The lowest BCUT2D eigenvalue weighted by Crippen LogP contribution is -2.12. The summed E-state index contributed by atoms with van der Waals surface area (Å²) in [5, 5.41) is 17.2. The fourth-order valence-corrected chi connectivity index (χ4v) is 2.12. The van der Waals surface area contributed by atoms with Gasteiger partial charge in [0.25, 0.3) is 0 Å². The normalized spacial score (nSPS) is 10.2. The number of carbonyl (C=O) groups excluding carboxylic acids is 1. The number of nitrogens with zero attached hydrogens (tertiary/aromatic N) is 3. The summed E-state index contributed by atoms with van der Waals surface area (Å²) in [5.41, 5.74) is 0.484. The van der Waals surface area contributed by atoms with Crippen molar-refractivity contribution in [3.63, 3.8) is 0 Å². The van der Waals surface area contributed by atoms with Crippen molar-refractivity contribution in [2.45, 2.75) is 6.92 Å². The molecule has 0 fully saturated rings. The van der Waals surface area contributed by atoms with Crippen LogP contribution in [0.5, 0.6) is 0 Å². The molecule has 0 aliphatic carbocycles. The van der Waals surface area contributed by atoms with Crippen molar-refractivity contribution in [1.29, 1.82) is 0 Å². The summed E-state index contributed by atoms with van der Waals surface area (Å²) in [5.74, 6) is -0.396. The molecule has 10 heteroatoms. The minimum absolute atomic E-state index is 0.00549. The molecule has 0 spiro atoms. The molecule has 2 aromatic rings. The van der Waals surface area contributed by atoms with E-state index in [4.69, 9.17) is 9.47 Å². The van der Waals surface area contributed by atoms with E-state index < -0.39 is 10.9 Å². The minimum atomic E-state index is -0.577. The fourth-order valence-electron chi connectivity index (χ4n) is 2.12. The molecule has 1 aromatic heterocycles. The van der Waals surface area contributed by atoms with Gasteiger partial charge in [0.1, 0.15) is 6.33 Å². The van der Waals surface area contributed by atoms with E-state index >= 15 is 0 Å². The lowest BCUT2D eigenvalue weighted by molar-refractivity contribution is -0.383. The van der Waals surface area contributed by atoms with Crippen molar-refractivity contribution in [3.05, 3.63) is 46.3 Å². The highest BCUT2D eigenvalue weighted by Crippen LogP contribution is 2.31. The van der Waals surface area contributed by atoms with E-state index in [9.17, 15) is 14.9 Å². The highest BCUT2D eigenvalue weighted by molar-refractivity contribution is 5.91. The maximum atomic E-state index is 11.8. The van der Waals surface area contributed by atoms with E-state index in [2.05, 4.69) is 20.6 Å². The van der Waals surface area contributed by atoms with Gasteiger partial charge in [-0.3, -0.25) is 10.1 Å². The molecule has 0 atom stereocenters. The number of carbonyl (C=O) groups is 1. The molecule has 10 nitrogen and oxygen atoms in total. The number of methoxy groups -OCH3 is 1. The number of hydrogen-bond donors (Lipinski definition) is 2. The van der Waals surface area contributed by atoms with Crippen LogP contribution in [0.3, 0.4) is 0 Å². The zero-order valence-electron chi connectivity index (χ0n) is 14.4. The van der Waals surface area contributed by atoms with Crippen LogP contribution in [-0.2, 0) is 9.47 Å². The molecule has 0 saturated carbocycles. The predicted molar refractivity (Wildman–Crippen MR) is 94.7 cm³/mol. The van der Waals surface area contributed by atoms with Crippen LogP contribution in [0.2, 0.25) is 0 Å². The molecule has 1 heterocycles. The number of aromatic nitrogens is 2. The van der Waals surface area contributed by atoms with Gasteiger partial charge in [-0.15, -0.1) is 0 Å². The number of nitro groups is 1. The molecule has 1 aromatic carbocycles. The molecule has 0 radical (unpaired) electrons. The van der Waals surface area contributed by atoms with Crippen molar-refractivity contribution in [2.75, 3.05) is 37.5 Å². The SMILES string of the molecule is CCOC(=O)c1cccc(Nc2ncnc(NCCOC)c2[N+](=O)[O-])c1. The van der Waals surface area contributed by atoms with Crippen LogP contribution in [0.4, 0.5) is 23.0 Å². The molecule has 0 saturated heterocycles. The Bertz CT molecular complexity index is 783. The van der Waals surface area contributed by atoms with Gasteiger partial charge in [0.15, 0.2) is 0 Å². The van der Waals surface area contributed by atoms with Crippen LogP contribution >= 0.6 is 0 Å². The lowest BCUT2D eigenvalue weighted by Gasteiger charge is -2.10. The Balaban J connectivity index is 2.28. The molecule has 0 aliphatic rings. The standard InChI is InChI=1S/C16H19N5O5/c1-3-26-16(22)11-5-4-6-12(9-11)20-15-13(21(23)24)14(18-10-19-15)17-7-8-25-2/h4-6,9-10H,3,7-8H2,1-2H3,(H2,17,18,19,20). The van der Waals surface area contributed by atoms with E-state index in [0.717, 1.165) is 0 Å². The van der Waals surface area contributed by atoms with E-state index in [0.29, 0.717) is 24.4 Å². The average Bonchev–Trinajstić information content (AvgIpc) is 2.62. The molecule has 0 unspecified atom stereocenters. The van der Waals surface area contributed by atoms with Crippen molar-refractivity contribution >= 4 is 29.0 Å². The Kier molecular flexibility index (Phi) is 6.80. The zero-order valence-corrected chi connectivity index (χ0v) is 14.4. The van der Waals surface area contributed by atoms with Crippen LogP contribution < -0.4 is 10.6 Å². The summed E-state index contributed by atoms with van der Waals surface area (Å²) >= 11 is 0. The fraction of sp³-hybridized carbons (Fsp3) is 0.312. The second-order valence-electron chi connectivity index (χ2n) is 5.02.